The summed E-state index contributed by atoms with van der Waals surface area (Å²) >= 11 is 0. The summed E-state index contributed by atoms with van der Waals surface area (Å²) in [6, 6.07) is 3.34. The first kappa shape index (κ1) is 11.6. The van der Waals surface area contributed by atoms with E-state index in [-0.39, 0.29) is 17.3 Å². The van der Waals surface area contributed by atoms with E-state index >= 15 is 0 Å². The van der Waals surface area contributed by atoms with Crippen LogP contribution in [0, 0.1) is 11.6 Å². The van der Waals surface area contributed by atoms with Crippen LogP contribution in [0.3, 0.4) is 0 Å². The van der Waals surface area contributed by atoms with Crippen molar-refractivity contribution in [1.29, 1.82) is 0 Å². The molecule has 0 bridgehead atoms. The number of halogens is 2. The van der Waals surface area contributed by atoms with E-state index in [1.54, 1.807) is 10.9 Å². The molecule has 2 N–H and O–H groups in total. The van der Waals surface area contributed by atoms with Gasteiger partial charge in [0.25, 0.3) is 0 Å². The van der Waals surface area contributed by atoms with Gasteiger partial charge in [0.05, 0.1) is 5.69 Å². The quantitative estimate of drug-likeness (QED) is 0.872. The van der Waals surface area contributed by atoms with Crippen LogP contribution in [0.25, 0.3) is 11.3 Å². The number of benzene rings is 1. The second-order valence-corrected chi connectivity index (χ2v) is 4.13. The van der Waals surface area contributed by atoms with Crippen molar-refractivity contribution >= 4 is 5.69 Å². The van der Waals surface area contributed by atoms with Gasteiger partial charge in [-0.3, -0.25) is 4.68 Å². The fourth-order valence-corrected chi connectivity index (χ4v) is 1.56. The molecular weight excluding hydrogens is 224 g/mol. The minimum Gasteiger partial charge on any atom is -0.396 e. The molecule has 0 spiro atoms. The topological polar surface area (TPSA) is 43.8 Å². The van der Waals surface area contributed by atoms with Crippen LogP contribution in [0.5, 0.6) is 0 Å². The van der Waals surface area contributed by atoms with Crippen molar-refractivity contribution in [2.45, 2.75) is 19.9 Å². The highest BCUT2D eigenvalue weighted by Crippen LogP contribution is 2.28. The monoisotopic (exact) mass is 237 g/mol. The summed E-state index contributed by atoms with van der Waals surface area (Å²) < 4.78 is 28.3. The van der Waals surface area contributed by atoms with Crippen LogP contribution in [0.1, 0.15) is 19.9 Å². The third-order valence-electron chi connectivity index (χ3n) is 2.47. The predicted octanol–water partition coefficient (Wildman–Crippen LogP) is 2.99. The van der Waals surface area contributed by atoms with Gasteiger partial charge in [-0.2, -0.15) is 5.10 Å². The van der Waals surface area contributed by atoms with Gasteiger partial charge in [0.1, 0.15) is 17.3 Å². The predicted molar refractivity (Wildman–Crippen MR) is 62.4 cm³/mol. The molecule has 1 aromatic heterocycles. The molecule has 5 heteroatoms. The van der Waals surface area contributed by atoms with Gasteiger partial charge >= 0.3 is 0 Å². The highest BCUT2D eigenvalue weighted by molar-refractivity contribution is 5.72. The Kier molecular flexibility index (Phi) is 2.83. The molecule has 0 aliphatic rings. The molecule has 90 valence electrons. The van der Waals surface area contributed by atoms with E-state index in [0.29, 0.717) is 5.69 Å². The van der Waals surface area contributed by atoms with Crippen LogP contribution in [0.4, 0.5) is 14.5 Å². The Morgan fingerprint density at radius 1 is 1.29 bits per heavy atom. The molecule has 0 saturated heterocycles. The Morgan fingerprint density at radius 2 is 2.00 bits per heavy atom. The largest absolute Gasteiger partial charge is 0.396 e. The van der Waals surface area contributed by atoms with E-state index in [1.165, 1.54) is 0 Å². The van der Waals surface area contributed by atoms with E-state index < -0.39 is 11.6 Å². The van der Waals surface area contributed by atoms with E-state index in [0.717, 1.165) is 18.2 Å². The van der Waals surface area contributed by atoms with Crippen LogP contribution in [-0.4, -0.2) is 9.78 Å². The molecule has 1 heterocycles. The maximum atomic E-state index is 13.6. The first-order valence-corrected chi connectivity index (χ1v) is 5.29. The maximum absolute atomic E-state index is 13.6. The van der Waals surface area contributed by atoms with Gasteiger partial charge in [-0.1, -0.05) is 0 Å². The number of anilines is 1. The molecule has 0 fully saturated rings. The average molecular weight is 237 g/mol. The molecule has 0 unspecified atom stereocenters. The number of nitrogen functional groups attached to an aromatic ring is 1. The molecule has 0 aliphatic heterocycles. The normalized spacial score (nSPS) is 11.1. The number of nitrogens with zero attached hydrogens (tertiary/aromatic N) is 2. The van der Waals surface area contributed by atoms with E-state index in [9.17, 15) is 8.78 Å². The van der Waals surface area contributed by atoms with Crippen molar-refractivity contribution in [2.75, 3.05) is 5.73 Å². The summed E-state index contributed by atoms with van der Waals surface area (Å²) in [5.74, 6) is -1.05. The van der Waals surface area contributed by atoms with Crippen molar-refractivity contribution in [1.82, 2.24) is 9.78 Å². The molecule has 17 heavy (non-hydrogen) atoms. The Hall–Kier alpha value is -1.91. The maximum Gasteiger partial charge on any atom is 0.132 e. The number of hydrogen-bond donors (Lipinski definition) is 1. The van der Waals surface area contributed by atoms with Gasteiger partial charge in [0, 0.05) is 17.8 Å². The van der Waals surface area contributed by atoms with Gasteiger partial charge in [-0.25, -0.2) is 8.78 Å². The van der Waals surface area contributed by atoms with Crippen LogP contribution in [0.2, 0.25) is 0 Å². The molecule has 0 aliphatic carbocycles. The standard InChI is InChI=1S/C12H13F2N3/c1-7(2)17-6-11(15)12(16-17)9-5-8(13)3-4-10(9)14/h3-7H,15H2,1-2H3. The molecule has 2 aromatic rings. The van der Waals surface area contributed by atoms with E-state index in [1.807, 2.05) is 13.8 Å². The Morgan fingerprint density at radius 3 is 2.59 bits per heavy atom. The Bertz CT molecular complexity index is 547. The lowest BCUT2D eigenvalue weighted by Gasteiger charge is -2.04. The zero-order chi connectivity index (χ0) is 12.6. The Labute approximate surface area is 97.9 Å². The molecule has 2 rings (SSSR count). The summed E-state index contributed by atoms with van der Waals surface area (Å²) in [5, 5.41) is 4.17. The summed E-state index contributed by atoms with van der Waals surface area (Å²) in [7, 11) is 0. The van der Waals surface area contributed by atoms with E-state index in [2.05, 4.69) is 5.10 Å². The summed E-state index contributed by atoms with van der Waals surface area (Å²) in [5.41, 5.74) is 6.45. The second kappa shape index (κ2) is 4.16. The van der Waals surface area contributed by atoms with Gasteiger partial charge in [0.2, 0.25) is 0 Å². The van der Waals surface area contributed by atoms with Crippen molar-refractivity contribution in [3.8, 4) is 11.3 Å². The third kappa shape index (κ3) is 2.13. The number of nitrogens with two attached hydrogens (primary N) is 1. The zero-order valence-corrected chi connectivity index (χ0v) is 9.61. The van der Waals surface area contributed by atoms with E-state index in [4.69, 9.17) is 5.73 Å². The van der Waals surface area contributed by atoms with Gasteiger partial charge in [0.15, 0.2) is 0 Å². The first-order valence-electron chi connectivity index (χ1n) is 5.29. The second-order valence-electron chi connectivity index (χ2n) is 4.13. The molecule has 0 amide bonds. The van der Waals surface area contributed by atoms with Crippen LogP contribution < -0.4 is 5.73 Å². The number of rotatable bonds is 2. The molecule has 3 nitrogen and oxygen atoms in total. The van der Waals surface area contributed by atoms with Gasteiger partial charge in [-0.05, 0) is 32.0 Å². The average Bonchev–Trinajstić information content (AvgIpc) is 2.64. The molecule has 0 atom stereocenters. The minimum atomic E-state index is -0.535. The smallest absolute Gasteiger partial charge is 0.132 e. The summed E-state index contributed by atoms with van der Waals surface area (Å²) in [4.78, 5) is 0. The lowest BCUT2D eigenvalue weighted by atomic mass is 10.1. The SMILES string of the molecule is CC(C)n1cc(N)c(-c2cc(F)ccc2F)n1. The van der Waals surface area contributed by atoms with Gasteiger partial charge < -0.3 is 5.73 Å². The fraction of sp³-hybridized carbons (Fsp3) is 0.250. The lowest BCUT2D eigenvalue weighted by molar-refractivity contribution is 0.533. The fourth-order valence-electron chi connectivity index (χ4n) is 1.56. The van der Waals surface area contributed by atoms with Gasteiger partial charge in [-0.15, -0.1) is 0 Å². The van der Waals surface area contributed by atoms with Crippen LogP contribution in [0.15, 0.2) is 24.4 Å². The Balaban J connectivity index is 2.56. The molecule has 0 radical (unpaired) electrons. The molecule has 0 saturated carbocycles. The van der Waals surface area contributed by atoms with Crippen molar-refractivity contribution in [3.05, 3.63) is 36.0 Å². The molecular formula is C12H13F2N3. The number of hydrogen-bond acceptors (Lipinski definition) is 2. The highest BCUT2D eigenvalue weighted by Gasteiger charge is 2.14. The minimum absolute atomic E-state index is 0.0851. The van der Waals surface area contributed by atoms with Crippen LogP contribution >= 0.6 is 0 Å². The van der Waals surface area contributed by atoms with Crippen molar-refractivity contribution in [2.24, 2.45) is 0 Å². The summed E-state index contributed by atoms with van der Waals surface area (Å²) in [6.07, 6.45) is 1.62. The van der Waals surface area contributed by atoms with Crippen LogP contribution in [-0.2, 0) is 0 Å². The van der Waals surface area contributed by atoms with Crippen molar-refractivity contribution in [3.63, 3.8) is 0 Å². The number of aromatic nitrogens is 2. The highest BCUT2D eigenvalue weighted by atomic mass is 19.1. The molecule has 1 aromatic carbocycles. The first-order chi connectivity index (χ1) is 7.99. The van der Waals surface area contributed by atoms with Crippen molar-refractivity contribution < 1.29 is 8.78 Å². The summed E-state index contributed by atoms with van der Waals surface area (Å²) in [6.45, 7) is 3.86. The lowest BCUT2D eigenvalue weighted by Crippen LogP contribution is -2.01. The zero-order valence-electron chi connectivity index (χ0n) is 9.61. The third-order valence-corrected chi connectivity index (χ3v) is 2.47.